The lowest BCUT2D eigenvalue weighted by atomic mass is 9.62. The van der Waals surface area contributed by atoms with Gasteiger partial charge in [-0.05, 0) is 31.9 Å². The maximum atomic E-state index is 15.2. The molecule has 0 spiro atoms. The molecule has 0 bridgehead atoms. The van der Waals surface area contributed by atoms with E-state index in [-0.39, 0.29) is 17.6 Å². The maximum Gasteiger partial charge on any atom is 0.433 e. The molecule has 1 aromatic carbocycles. The van der Waals surface area contributed by atoms with E-state index < -0.39 is 34.6 Å². The number of allylic oxidation sites excluding steroid dienone is 4. The van der Waals surface area contributed by atoms with Gasteiger partial charge in [-0.2, -0.15) is 31.6 Å². The number of hydrogen-bond acceptors (Lipinski definition) is 1. The van der Waals surface area contributed by atoms with Crippen molar-refractivity contribution in [2.75, 3.05) is 0 Å². The Morgan fingerprint density at radius 3 is 1.77 bits per heavy atom. The van der Waals surface area contributed by atoms with Crippen molar-refractivity contribution in [2.24, 2.45) is 0 Å². The first-order chi connectivity index (χ1) is 11.8. The Morgan fingerprint density at radius 1 is 0.885 bits per heavy atom. The zero-order valence-corrected chi connectivity index (χ0v) is 13.8. The van der Waals surface area contributed by atoms with Crippen LogP contribution in [0.5, 0.6) is 0 Å². The number of nitrogens with zero attached hydrogens (tertiary/aromatic N) is 1. The molecule has 8 heteroatoms. The Morgan fingerprint density at radius 2 is 1.35 bits per heavy atom. The summed E-state index contributed by atoms with van der Waals surface area (Å²) in [6, 6.07) is 6.00. The standard InChI is InChI=1S/C18H14F7N/c1-11-7-12(2)9-15(8-11,14-6-4-3-5-13(14)10-26)16(19,17(20,21)22)18(23,24)25/h3-6,8-9H,7H2,1-2H3. The van der Waals surface area contributed by atoms with Gasteiger partial charge in [0.25, 0.3) is 0 Å². The number of halogens is 7. The molecule has 140 valence electrons. The van der Waals surface area contributed by atoms with Crippen molar-refractivity contribution in [3.63, 3.8) is 0 Å². The molecule has 0 unspecified atom stereocenters. The van der Waals surface area contributed by atoms with E-state index in [0.717, 1.165) is 12.1 Å². The third kappa shape index (κ3) is 2.79. The molecule has 1 aromatic rings. The molecule has 0 fully saturated rings. The minimum absolute atomic E-state index is 0.113. The molecular formula is C18H14F7N. The topological polar surface area (TPSA) is 23.8 Å². The zero-order valence-electron chi connectivity index (χ0n) is 13.8. The van der Waals surface area contributed by atoms with Gasteiger partial charge in [0.15, 0.2) is 0 Å². The van der Waals surface area contributed by atoms with E-state index in [4.69, 9.17) is 0 Å². The summed E-state index contributed by atoms with van der Waals surface area (Å²) in [6.45, 7) is 2.65. The molecule has 2 rings (SSSR count). The van der Waals surface area contributed by atoms with E-state index >= 15 is 4.39 Å². The monoisotopic (exact) mass is 377 g/mol. The minimum Gasteiger partial charge on any atom is -0.222 e. The largest absolute Gasteiger partial charge is 0.433 e. The molecule has 0 N–H and O–H groups in total. The number of alkyl halides is 7. The summed E-state index contributed by atoms with van der Waals surface area (Å²) in [5.74, 6) is 0. The molecule has 1 aliphatic carbocycles. The Kier molecular flexibility index (Phi) is 4.73. The molecule has 1 nitrogen and oxygen atoms in total. The van der Waals surface area contributed by atoms with Crippen molar-refractivity contribution in [2.45, 2.75) is 43.7 Å². The molecular weight excluding hydrogens is 363 g/mol. The van der Waals surface area contributed by atoms with Gasteiger partial charge in [-0.1, -0.05) is 41.5 Å². The van der Waals surface area contributed by atoms with Crippen LogP contribution >= 0.6 is 0 Å². The molecule has 0 saturated heterocycles. The highest BCUT2D eigenvalue weighted by atomic mass is 19.4. The van der Waals surface area contributed by atoms with Gasteiger partial charge >= 0.3 is 18.0 Å². The second-order valence-corrected chi connectivity index (χ2v) is 6.34. The van der Waals surface area contributed by atoms with Crippen LogP contribution in [0.25, 0.3) is 0 Å². The highest BCUT2D eigenvalue weighted by molar-refractivity contribution is 5.55. The molecule has 0 aliphatic heterocycles. The molecule has 0 atom stereocenters. The zero-order chi connectivity index (χ0) is 20.0. The van der Waals surface area contributed by atoms with Gasteiger partial charge in [0.2, 0.25) is 0 Å². The first kappa shape index (κ1) is 20.0. The smallest absolute Gasteiger partial charge is 0.222 e. The van der Waals surface area contributed by atoms with Crippen LogP contribution in [0.4, 0.5) is 30.7 Å². The Bertz CT molecular complexity index is 774. The van der Waals surface area contributed by atoms with Crippen LogP contribution in [0.1, 0.15) is 31.4 Å². The van der Waals surface area contributed by atoms with Gasteiger partial charge in [-0.15, -0.1) is 0 Å². The second kappa shape index (κ2) is 6.15. The van der Waals surface area contributed by atoms with E-state index in [9.17, 15) is 31.6 Å². The first-order valence-electron chi connectivity index (χ1n) is 7.49. The van der Waals surface area contributed by atoms with Crippen LogP contribution in [0, 0.1) is 11.3 Å². The van der Waals surface area contributed by atoms with E-state index in [1.165, 1.54) is 26.0 Å². The summed E-state index contributed by atoms with van der Waals surface area (Å²) in [5.41, 5.74) is -9.69. The molecule has 0 saturated carbocycles. The Hall–Kier alpha value is -2.30. The molecule has 1 aliphatic rings. The van der Waals surface area contributed by atoms with Crippen LogP contribution in [-0.2, 0) is 5.41 Å². The first-order valence-corrected chi connectivity index (χ1v) is 7.49. The summed E-state index contributed by atoms with van der Waals surface area (Å²) in [5, 5.41) is 9.19. The van der Waals surface area contributed by atoms with Gasteiger partial charge in [-0.3, -0.25) is 0 Å². The summed E-state index contributed by atoms with van der Waals surface area (Å²) >= 11 is 0. The van der Waals surface area contributed by atoms with Gasteiger partial charge in [0.05, 0.1) is 17.0 Å². The molecule has 0 radical (unpaired) electrons. The van der Waals surface area contributed by atoms with Gasteiger partial charge < -0.3 is 0 Å². The lowest BCUT2D eigenvalue weighted by molar-refractivity contribution is -0.354. The summed E-state index contributed by atoms with van der Waals surface area (Å²) in [4.78, 5) is 0. The van der Waals surface area contributed by atoms with Crippen molar-refractivity contribution in [1.82, 2.24) is 0 Å². The summed E-state index contributed by atoms with van der Waals surface area (Å²) in [6.07, 6.45) is -11.1. The Labute approximate surface area is 145 Å². The molecule has 26 heavy (non-hydrogen) atoms. The van der Waals surface area contributed by atoms with Gasteiger partial charge in [-0.25, -0.2) is 4.39 Å². The number of nitriles is 1. The van der Waals surface area contributed by atoms with Crippen LogP contribution in [0.2, 0.25) is 0 Å². The Balaban J connectivity index is 3.05. The van der Waals surface area contributed by atoms with Crippen LogP contribution in [-0.4, -0.2) is 18.0 Å². The molecule has 0 heterocycles. The van der Waals surface area contributed by atoms with E-state index in [2.05, 4.69) is 0 Å². The lowest BCUT2D eigenvalue weighted by Gasteiger charge is -2.46. The molecule has 0 aromatic heterocycles. The second-order valence-electron chi connectivity index (χ2n) is 6.34. The number of rotatable bonds is 2. The maximum absolute atomic E-state index is 15.2. The number of hydrogen-bond donors (Lipinski definition) is 0. The van der Waals surface area contributed by atoms with Crippen molar-refractivity contribution < 1.29 is 30.7 Å². The van der Waals surface area contributed by atoms with Crippen LogP contribution < -0.4 is 0 Å². The average molecular weight is 377 g/mol. The van der Waals surface area contributed by atoms with Gasteiger partial charge in [0, 0.05) is 0 Å². The molecule has 0 amide bonds. The predicted molar refractivity (Wildman–Crippen MR) is 80.9 cm³/mol. The van der Waals surface area contributed by atoms with E-state index in [1.807, 2.05) is 0 Å². The summed E-state index contributed by atoms with van der Waals surface area (Å²) in [7, 11) is 0. The van der Waals surface area contributed by atoms with Crippen LogP contribution in [0.15, 0.2) is 47.6 Å². The van der Waals surface area contributed by atoms with Crippen molar-refractivity contribution >= 4 is 0 Å². The van der Waals surface area contributed by atoms with Crippen molar-refractivity contribution in [3.8, 4) is 6.07 Å². The predicted octanol–water partition coefficient (Wildman–Crippen LogP) is 5.93. The van der Waals surface area contributed by atoms with Gasteiger partial charge in [0.1, 0.15) is 0 Å². The van der Waals surface area contributed by atoms with Crippen LogP contribution in [0.3, 0.4) is 0 Å². The number of benzene rings is 1. The quantitative estimate of drug-likeness (QED) is 0.463. The van der Waals surface area contributed by atoms with Crippen molar-refractivity contribution in [1.29, 1.82) is 5.26 Å². The van der Waals surface area contributed by atoms with E-state index in [1.54, 1.807) is 6.07 Å². The van der Waals surface area contributed by atoms with E-state index in [0.29, 0.717) is 12.2 Å². The highest BCUT2D eigenvalue weighted by Gasteiger charge is 2.81. The minimum atomic E-state index is -6.27. The highest BCUT2D eigenvalue weighted by Crippen LogP contribution is 2.60. The normalized spacial score (nSPS) is 18.0. The SMILES string of the molecule is CC1=CC(c2ccccc2C#N)(C(F)(C(F)(F)F)C(F)(F)F)C=C(C)C1. The summed E-state index contributed by atoms with van der Waals surface area (Å²) < 4.78 is 96.7. The lowest BCUT2D eigenvalue weighted by Crippen LogP contribution is -2.65. The average Bonchev–Trinajstić information content (AvgIpc) is 2.50. The fourth-order valence-electron chi connectivity index (χ4n) is 3.47. The van der Waals surface area contributed by atoms with Crippen molar-refractivity contribution in [3.05, 3.63) is 58.7 Å². The third-order valence-corrected chi connectivity index (χ3v) is 4.35. The fourth-order valence-corrected chi connectivity index (χ4v) is 3.47. The fraction of sp³-hybridized carbons (Fsp3) is 0.389. The third-order valence-electron chi connectivity index (χ3n) is 4.35.